The zero-order chi connectivity index (χ0) is 16.0. The van der Waals surface area contributed by atoms with E-state index >= 15 is 0 Å². The number of hydrogen-bond acceptors (Lipinski definition) is 4. The molecule has 0 aromatic heterocycles. The van der Waals surface area contributed by atoms with Crippen LogP contribution in [-0.2, 0) is 20.7 Å². The SMILES string of the molecule is COC(=O)C(Cc1ccc(OC)cc1)NC(=O)C(F)(F)F. The topological polar surface area (TPSA) is 64.6 Å². The minimum absolute atomic E-state index is 0.127. The molecule has 0 heterocycles. The van der Waals surface area contributed by atoms with Crippen LogP contribution in [0, 0.1) is 0 Å². The molecule has 1 aromatic carbocycles. The summed E-state index contributed by atoms with van der Waals surface area (Å²) in [6.45, 7) is 0. The highest BCUT2D eigenvalue weighted by Crippen LogP contribution is 2.16. The zero-order valence-corrected chi connectivity index (χ0v) is 11.4. The van der Waals surface area contributed by atoms with Crippen LogP contribution in [0.15, 0.2) is 24.3 Å². The van der Waals surface area contributed by atoms with Crippen molar-refractivity contribution in [3.8, 4) is 5.75 Å². The Hall–Kier alpha value is -2.25. The minimum Gasteiger partial charge on any atom is -0.497 e. The smallest absolute Gasteiger partial charge is 0.471 e. The zero-order valence-electron chi connectivity index (χ0n) is 11.4. The second kappa shape index (κ2) is 6.96. The van der Waals surface area contributed by atoms with E-state index in [1.54, 1.807) is 29.6 Å². The molecule has 0 spiro atoms. The fourth-order valence-corrected chi connectivity index (χ4v) is 1.57. The number of benzene rings is 1. The van der Waals surface area contributed by atoms with Gasteiger partial charge in [-0.05, 0) is 17.7 Å². The largest absolute Gasteiger partial charge is 0.497 e. The summed E-state index contributed by atoms with van der Waals surface area (Å²) in [4.78, 5) is 22.4. The standard InChI is InChI=1S/C13H14F3NO4/c1-20-9-5-3-8(4-6-9)7-10(11(18)21-2)17-12(19)13(14,15)16/h3-6,10H,7H2,1-2H3,(H,17,19). The molecule has 0 bridgehead atoms. The summed E-state index contributed by atoms with van der Waals surface area (Å²) in [5.74, 6) is -2.58. The highest BCUT2D eigenvalue weighted by molar-refractivity contribution is 5.87. The Balaban J connectivity index is 2.83. The van der Waals surface area contributed by atoms with Crippen molar-refractivity contribution >= 4 is 11.9 Å². The summed E-state index contributed by atoms with van der Waals surface area (Å²) < 4.78 is 46.0. The minimum atomic E-state index is -5.06. The predicted octanol–water partition coefficient (Wildman–Crippen LogP) is 1.46. The number of carbonyl (C=O) groups excluding carboxylic acids is 2. The summed E-state index contributed by atoms with van der Waals surface area (Å²) in [6, 6.07) is 4.92. The number of ether oxygens (including phenoxy) is 2. The molecule has 0 saturated carbocycles. The second-order valence-electron chi connectivity index (χ2n) is 4.10. The van der Waals surface area contributed by atoms with Crippen molar-refractivity contribution < 1.29 is 32.2 Å². The maximum absolute atomic E-state index is 12.2. The first-order valence-corrected chi connectivity index (χ1v) is 5.86. The van der Waals surface area contributed by atoms with Crippen LogP contribution in [0.1, 0.15) is 5.56 Å². The molecule has 0 aliphatic rings. The van der Waals surface area contributed by atoms with Gasteiger partial charge in [-0.3, -0.25) is 4.79 Å². The van der Waals surface area contributed by atoms with Crippen LogP contribution in [0.5, 0.6) is 5.75 Å². The second-order valence-corrected chi connectivity index (χ2v) is 4.10. The normalized spacial score (nSPS) is 12.4. The third-order valence-corrected chi connectivity index (χ3v) is 2.65. The number of nitrogens with one attached hydrogen (secondary N) is 1. The van der Waals surface area contributed by atoms with Crippen molar-refractivity contribution in [3.63, 3.8) is 0 Å². The van der Waals surface area contributed by atoms with Gasteiger partial charge in [0.05, 0.1) is 14.2 Å². The lowest BCUT2D eigenvalue weighted by molar-refractivity contribution is -0.175. The van der Waals surface area contributed by atoms with Gasteiger partial charge in [0.25, 0.3) is 0 Å². The first-order valence-electron chi connectivity index (χ1n) is 5.86. The van der Waals surface area contributed by atoms with Gasteiger partial charge in [-0.15, -0.1) is 0 Å². The molecule has 0 fully saturated rings. The fraction of sp³-hybridized carbons (Fsp3) is 0.385. The summed E-state index contributed by atoms with van der Waals surface area (Å²) in [7, 11) is 2.50. The van der Waals surface area contributed by atoms with E-state index in [2.05, 4.69) is 4.74 Å². The van der Waals surface area contributed by atoms with E-state index in [4.69, 9.17) is 4.74 Å². The summed E-state index contributed by atoms with van der Waals surface area (Å²) in [6.07, 6.45) is -5.19. The summed E-state index contributed by atoms with van der Waals surface area (Å²) >= 11 is 0. The van der Waals surface area contributed by atoms with E-state index in [1.165, 1.54) is 7.11 Å². The first-order chi connectivity index (χ1) is 9.77. The molecule has 1 rings (SSSR count). The number of methoxy groups -OCH3 is 2. The quantitative estimate of drug-likeness (QED) is 0.837. The molecule has 1 unspecified atom stereocenters. The number of hydrogen-bond donors (Lipinski definition) is 1. The number of rotatable bonds is 5. The molecule has 21 heavy (non-hydrogen) atoms. The van der Waals surface area contributed by atoms with Crippen LogP contribution in [0.3, 0.4) is 0 Å². The van der Waals surface area contributed by atoms with Crippen molar-refractivity contribution in [2.75, 3.05) is 14.2 Å². The predicted molar refractivity (Wildman–Crippen MR) is 66.7 cm³/mol. The van der Waals surface area contributed by atoms with Crippen molar-refractivity contribution in [2.24, 2.45) is 0 Å². The number of carbonyl (C=O) groups is 2. The Morgan fingerprint density at radius 3 is 2.19 bits per heavy atom. The molecule has 1 N–H and O–H groups in total. The summed E-state index contributed by atoms with van der Waals surface area (Å²) in [5.41, 5.74) is 0.550. The van der Waals surface area contributed by atoms with Gasteiger partial charge in [0.1, 0.15) is 11.8 Å². The number of halogens is 3. The lowest BCUT2D eigenvalue weighted by Crippen LogP contribution is -2.48. The van der Waals surface area contributed by atoms with Crippen molar-refractivity contribution in [1.82, 2.24) is 5.32 Å². The number of esters is 1. The highest BCUT2D eigenvalue weighted by Gasteiger charge is 2.41. The van der Waals surface area contributed by atoms with E-state index in [-0.39, 0.29) is 6.42 Å². The van der Waals surface area contributed by atoms with Crippen molar-refractivity contribution in [2.45, 2.75) is 18.6 Å². The third kappa shape index (κ3) is 4.97. The van der Waals surface area contributed by atoms with Crippen LogP contribution in [0.2, 0.25) is 0 Å². The molecular formula is C13H14F3NO4. The van der Waals surface area contributed by atoms with Crippen LogP contribution >= 0.6 is 0 Å². The lowest BCUT2D eigenvalue weighted by Gasteiger charge is -2.17. The number of alkyl halides is 3. The van der Waals surface area contributed by atoms with Crippen molar-refractivity contribution in [1.29, 1.82) is 0 Å². The molecule has 1 atom stereocenters. The van der Waals surface area contributed by atoms with Gasteiger partial charge in [-0.25, -0.2) is 4.79 Å². The first kappa shape index (κ1) is 16.8. The molecule has 0 saturated heterocycles. The van der Waals surface area contributed by atoms with E-state index in [0.717, 1.165) is 7.11 Å². The van der Waals surface area contributed by atoms with E-state index < -0.39 is 24.1 Å². The molecule has 0 radical (unpaired) electrons. The van der Waals surface area contributed by atoms with Gasteiger partial charge in [0.2, 0.25) is 0 Å². The van der Waals surface area contributed by atoms with Gasteiger partial charge < -0.3 is 14.8 Å². The van der Waals surface area contributed by atoms with Gasteiger partial charge in [-0.2, -0.15) is 13.2 Å². The average molecular weight is 305 g/mol. The van der Waals surface area contributed by atoms with Crippen LogP contribution in [0.4, 0.5) is 13.2 Å². The molecule has 1 amide bonds. The van der Waals surface area contributed by atoms with E-state index in [9.17, 15) is 22.8 Å². The molecule has 0 aliphatic carbocycles. The molecular weight excluding hydrogens is 291 g/mol. The monoisotopic (exact) mass is 305 g/mol. The molecule has 5 nitrogen and oxygen atoms in total. The molecule has 1 aromatic rings. The Bertz CT molecular complexity index is 499. The lowest BCUT2D eigenvalue weighted by atomic mass is 10.1. The Morgan fingerprint density at radius 1 is 1.19 bits per heavy atom. The Kier molecular flexibility index (Phi) is 5.57. The highest BCUT2D eigenvalue weighted by atomic mass is 19.4. The van der Waals surface area contributed by atoms with Gasteiger partial charge in [0, 0.05) is 6.42 Å². The average Bonchev–Trinajstić information content (AvgIpc) is 2.45. The van der Waals surface area contributed by atoms with E-state index in [1.807, 2.05) is 0 Å². The maximum atomic E-state index is 12.2. The van der Waals surface area contributed by atoms with Gasteiger partial charge in [0.15, 0.2) is 0 Å². The van der Waals surface area contributed by atoms with E-state index in [0.29, 0.717) is 11.3 Å². The van der Waals surface area contributed by atoms with Crippen molar-refractivity contribution in [3.05, 3.63) is 29.8 Å². The van der Waals surface area contributed by atoms with Gasteiger partial charge in [-0.1, -0.05) is 12.1 Å². The van der Waals surface area contributed by atoms with Crippen LogP contribution in [-0.4, -0.2) is 38.3 Å². The van der Waals surface area contributed by atoms with Crippen LogP contribution < -0.4 is 10.1 Å². The Morgan fingerprint density at radius 2 is 1.76 bits per heavy atom. The fourth-order valence-electron chi connectivity index (χ4n) is 1.57. The maximum Gasteiger partial charge on any atom is 0.471 e. The van der Waals surface area contributed by atoms with Gasteiger partial charge >= 0.3 is 18.1 Å². The Labute approximate surface area is 119 Å². The third-order valence-electron chi connectivity index (χ3n) is 2.65. The molecule has 8 heteroatoms. The molecule has 116 valence electrons. The summed E-state index contributed by atoms with van der Waals surface area (Å²) in [5, 5.41) is 1.62. The number of amides is 1. The molecule has 0 aliphatic heterocycles. The van der Waals surface area contributed by atoms with Crippen LogP contribution in [0.25, 0.3) is 0 Å².